The molecule has 0 radical (unpaired) electrons. The van der Waals surface area contributed by atoms with Crippen LogP contribution in [0.2, 0.25) is 0 Å². The van der Waals surface area contributed by atoms with Crippen LogP contribution in [0.4, 0.5) is 10.5 Å². The van der Waals surface area contributed by atoms with E-state index in [1.165, 1.54) is 0 Å². The zero-order valence-electron chi connectivity index (χ0n) is 9.03. The number of ether oxygens (including phenoxy) is 2. The maximum Gasteiger partial charge on any atom is 0.319 e. The third-order valence-corrected chi connectivity index (χ3v) is 2.30. The fourth-order valence-electron chi connectivity index (χ4n) is 1.37. The van der Waals surface area contributed by atoms with Crippen LogP contribution < -0.4 is 15.4 Å². The van der Waals surface area contributed by atoms with Crippen LogP contribution in [0.25, 0.3) is 0 Å². The minimum atomic E-state index is -0.221. The summed E-state index contributed by atoms with van der Waals surface area (Å²) in [5, 5.41) is 5.52. The molecule has 1 aliphatic rings. The molecule has 0 unspecified atom stereocenters. The molecule has 1 aromatic carbocycles. The van der Waals surface area contributed by atoms with E-state index in [1.54, 1.807) is 19.2 Å². The number of hydrogen-bond donors (Lipinski definition) is 2. The van der Waals surface area contributed by atoms with E-state index in [9.17, 15) is 4.79 Å². The molecule has 0 saturated carbocycles. The lowest BCUT2D eigenvalue weighted by Crippen LogP contribution is -2.49. The topological polar surface area (TPSA) is 59.6 Å². The second kappa shape index (κ2) is 4.85. The normalized spacial score (nSPS) is 15.1. The van der Waals surface area contributed by atoms with Gasteiger partial charge in [0.1, 0.15) is 5.75 Å². The third-order valence-electron chi connectivity index (χ3n) is 2.30. The molecule has 5 nitrogen and oxygen atoms in total. The van der Waals surface area contributed by atoms with Gasteiger partial charge in [-0.2, -0.15) is 0 Å². The van der Waals surface area contributed by atoms with Gasteiger partial charge in [0.25, 0.3) is 0 Å². The highest BCUT2D eigenvalue weighted by molar-refractivity contribution is 5.89. The monoisotopic (exact) mass is 222 g/mol. The zero-order chi connectivity index (χ0) is 11.4. The number of hydrogen-bond acceptors (Lipinski definition) is 3. The summed E-state index contributed by atoms with van der Waals surface area (Å²) in [6.45, 7) is 1.18. The number of urea groups is 1. The minimum Gasteiger partial charge on any atom is -0.497 e. The van der Waals surface area contributed by atoms with E-state index in [0.717, 1.165) is 0 Å². The molecule has 5 heteroatoms. The molecule has 0 bridgehead atoms. The molecule has 0 aromatic heterocycles. The summed E-state index contributed by atoms with van der Waals surface area (Å²) < 4.78 is 10.0. The number of benzene rings is 1. The molecule has 1 aromatic rings. The second-order valence-electron chi connectivity index (χ2n) is 3.56. The fraction of sp³-hybridized carbons (Fsp3) is 0.364. The van der Waals surface area contributed by atoms with Crippen LogP contribution in [0.1, 0.15) is 0 Å². The SMILES string of the molecule is COc1cccc(NC(=O)NC2COC2)c1. The van der Waals surface area contributed by atoms with Gasteiger partial charge in [0.2, 0.25) is 0 Å². The standard InChI is InChI=1S/C11H14N2O3/c1-15-10-4-2-3-8(5-10)12-11(14)13-9-6-16-7-9/h2-5,9H,6-7H2,1H3,(H2,12,13,14). The first-order valence-corrected chi connectivity index (χ1v) is 5.07. The van der Waals surface area contributed by atoms with E-state index in [1.807, 2.05) is 12.1 Å². The maximum atomic E-state index is 11.5. The van der Waals surface area contributed by atoms with Gasteiger partial charge in [-0.05, 0) is 12.1 Å². The first-order chi connectivity index (χ1) is 7.78. The van der Waals surface area contributed by atoms with Gasteiger partial charge in [0.05, 0.1) is 26.4 Å². The highest BCUT2D eigenvalue weighted by atomic mass is 16.5. The van der Waals surface area contributed by atoms with Crippen LogP contribution in [-0.2, 0) is 4.74 Å². The molecule has 1 fully saturated rings. The van der Waals surface area contributed by atoms with Gasteiger partial charge < -0.3 is 20.1 Å². The number of nitrogens with one attached hydrogen (secondary N) is 2. The van der Waals surface area contributed by atoms with Gasteiger partial charge in [0, 0.05) is 11.8 Å². The average molecular weight is 222 g/mol. The predicted octanol–water partition coefficient (Wildman–Crippen LogP) is 1.22. The number of carbonyl (C=O) groups is 1. The molecule has 0 atom stereocenters. The highest BCUT2D eigenvalue weighted by Crippen LogP contribution is 2.16. The van der Waals surface area contributed by atoms with Crippen molar-refractivity contribution in [3.8, 4) is 5.75 Å². The van der Waals surface area contributed by atoms with Gasteiger partial charge in [-0.1, -0.05) is 6.07 Å². The summed E-state index contributed by atoms with van der Waals surface area (Å²) in [5.74, 6) is 0.713. The number of carbonyl (C=O) groups excluding carboxylic acids is 1. The quantitative estimate of drug-likeness (QED) is 0.808. The summed E-state index contributed by atoms with van der Waals surface area (Å²) in [4.78, 5) is 11.5. The lowest BCUT2D eigenvalue weighted by atomic mass is 10.2. The molecule has 16 heavy (non-hydrogen) atoms. The Morgan fingerprint density at radius 2 is 2.31 bits per heavy atom. The summed E-state index contributed by atoms with van der Waals surface area (Å²) in [6, 6.07) is 7.12. The zero-order valence-corrected chi connectivity index (χ0v) is 9.03. The van der Waals surface area contributed by atoms with E-state index in [2.05, 4.69) is 10.6 Å². The summed E-state index contributed by atoms with van der Waals surface area (Å²) in [6.07, 6.45) is 0. The molecule has 1 aliphatic heterocycles. The van der Waals surface area contributed by atoms with Gasteiger partial charge in [-0.25, -0.2) is 4.79 Å². The fourth-order valence-corrected chi connectivity index (χ4v) is 1.37. The van der Waals surface area contributed by atoms with Crippen molar-refractivity contribution in [3.63, 3.8) is 0 Å². The summed E-state index contributed by atoms with van der Waals surface area (Å²) in [5.41, 5.74) is 0.706. The van der Waals surface area contributed by atoms with E-state index < -0.39 is 0 Å². The average Bonchev–Trinajstić information content (AvgIpc) is 2.24. The number of rotatable bonds is 3. The predicted molar refractivity (Wildman–Crippen MR) is 59.8 cm³/mol. The van der Waals surface area contributed by atoms with Crippen molar-refractivity contribution in [2.75, 3.05) is 25.6 Å². The molecular formula is C11H14N2O3. The molecule has 1 saturated heterocycles. The maximum absolute atomic E-state index is 11.5. The second-order valence-corrected chi connectivity index (χ2v) is 3.56. The first kappa shape index (κ1) is 10.8. The van der Waals surface area contributed by atoms with Crippen molar-refractivity contribution in [2.45, 2.75) is 6.04 Å². The Morgan fingerprint density at radius 1 is 1.50 bits per heavy atom. The molecule has 2 rings (SSSR count). The number of methoxy groups -OCH3 is 1. The molecule has 0 aliphatic carbocycles. The highest BCUT2D eigenvalue weighted by Gasteiger charge is 2.20. The van der Waals surface area contributed by atoms with Crippen LogP contribution in [0, 0.1) is 0 Å². The lowest BCUT2D eigenvalue weighted by molar-refractivity contribution is 0.000735. The van der Waals surface area contributed by atoms with Crippen LogP contribution in [0.5, 0.6) is 5.75 Å². The smallest absolute Gasteiger partial charge is 0.319 e. The van der Waals surface area contributed by atoms with Gasteiger partial charge in [-0.15, -0.1) is 0 Å². The Balaban J connectivity index is 1.89. The Labute approximate surface area is 93.7 Å². The summed E-state index contributed by atoms with van der Waals surface area (Å²) in [7, 11) is 1.59. The van der Waals surface area contributed by atoms with Crippen LogP contribution in [0.15, 0.2) is 24.3 Å². The van der Waals surface area contributed by atoms with Gasteiger partial charge in [0.15, 0.2) is 0 Å². The molecule has 2 N–H and O–H groups in total. The Morgan fingerprint density at radius 3 is 2.94 bits per heavy atom. The molecule has 86 valence electrons. The van der Waals surface area contributed by atoms with E-state index in [4.69, 9.17) is 9.47 Å². The van der Waals surface area contributed by atoms with Crippen molar-refractivity contribution in [1.82, 2.24) is 5.32 Å². The Kier molecular flexibility index (Phi) is 3.26. The van der Waals surface area contributed by atoms with Gasteiger partial charge >= 0.3 is 6.03 Å². The van der Waals surface area contributed by atoms with Crippen molar-refractivity contribution in [1.29, 1.82) is 0 Å². The number of anilines is 1. The Hall–Kier alpha value is -1.75. The molecule has 0 spiro atoms. The van der Waals surface area contributed by atoms with Gasteiger partial charge in [-0.3, -0.25) is 0 Å². The lowest BCUT2D eigenvalue weighted by Gasteiger charge is -2.26. The van der Waals surface area contributed by atoms with Crippen LogP contribution in [0.3, 0.4) is 0 Å². The van der Waals surface area contributed by atoms with Crippen molar-refractivity contribution >= 4 is 11.7 Å². The minimum absolute atomic E-state index is 0.130. The van der Waals surface area contributed by atoms with Crippen molar-refractivity contribution < 1.29 is 14.3 Å². The molecule has 1 heterocycles. The van der Waals surface area contributed by atoms with E-state index in [-0.39, 0.29) is 12.1 Å². The third kappa shape index (κ3) is 2.64. The van der Waals surface area contributed by atoms with Crippen molar-refractivity contribution in [3.05, 3.63) is 24.3 Å². The van der Waals surface area contributed by atoms with E-state index in [0.29, 0.717) is 24.7 Å². The summed E-state index contributed by atoms with van der Waals surface area (Å²) >= 11 is 0. The number of amides is 2. The molecule has 2 amide bonds. The van der Waals surface area contributed by atoms with E-state index >= 15 is 0 Å². The largest absolute Gasteiger partial charge is 0.497 e. The van der Waals surface area contributed by atoms with Crippen LogP contribution in [-0.4, -0.2) is 32.4 Å². The Bertz CT molecular complexity index is 377. The first-order valence-electron chi connectivity index (χ1n) is 5.07. The van der Waals surface area contributed by atoms with Crippen molar-refractivity contribution in [2.24, 2.45) is 0 Å². The molecular weight excluding hydrogens is 208 g/mol. The van der Waals surface area contributed by atoms with Crippen LogP contribution >= 0.6 is 0 Å².